The fourth-order valence-electron chi connectivity index (χ4n) is 1.15. The standard InChI is InChI=1S/C11H26NO2P/c1-5-6-7-8-11-15(13)14-10-9-12(2,3)4/h5-11H2,1-4H3/q+2. The highest BCUT2D eigenvalue weighted by atomic mass is 31.1. The first kappa shape index (κ1) is 15.0. The molecule has 3 nitrogen and oxygen atoms in total. The van der Waals surface area contributed by atoms with Gasteiger partial charge in [0.25, 0.3) is 0 Å². The summed E-state index contributed by atoms with van der Waals surface area (Å²) in [7, 11) is 4.92. The fraction of sp³-hybridized carbons (Fsp3) is 1.00. The molecule has 0 aromatic rings. The van der Waals surface area contributed by atoms with E-state index in [9.17, 15) is 4.57 Å². The van der Waals surface area contributed by atoms with Gasteiger partial charge < -0.3 is 4.48 Å². The first-order valence-electron chi connectivity index (χ1n) is 5.84. The van der Waals surface area contributed by atoms with Gasteiger partial charge in [0, 0.05) is 0 Å². The molecule has 90 valence electrons. The molecule has 0 spiro atoms. The van der Waals surface area contributed by atoms with Crippen molar-refractivity contribution in [2.75, 3.05) is 40.5 Å². The van der Waals surface area contributed by atoms with Crippen molar-refractivity contribution in [1.82, 2.24) is 0 Å². The molecule has 0 heterocycles. The third-order valence-corrected chi connectivity index (χ3v) is 3.34. The van der Waals surface area contributed by atoms with Crippen molar-refractivity contribution in [3.8, 4) is 0 Å². The summed E-state index contributed by atoms with van der Waals surface area (Å²) in [5.74, 6) is 0. The maximum atomic E-state index is 11.4. The van der Waals surface area contributed by atoms with E-state index in [-0.39, 0.29) is 0 Å². The summed E-state index contributed by atoms with van der Waals surface area (Å²) in [4.78, 5) is 0. The number of likely N-dealkylation sites (N-methyl/N-ethyl adjacent to an activating group) is 1. The molecule has 0 N–H and O–H groups in total. The highest BCUT2D eigenvalue weighted by Gasteiger charge is 2.18. The van der Waals surface area contributed by atoms with Crippen molar-refractivity contribution < 1.29 is 13.6 Å². The molecule has 0 aromatic heterocycles. The average molecular weight is 235 g/mol. The molecule has 0 fully saturated rings. The first-order valence-corrected chi connectivity index (χ1v) is 7.20. The zero-order valence-corrected chi connectivity index (χ0v) is 11.6. The Morgan fingerprint density at radius 1 is 1.13 bits per heavy atom. The average Bonchev–Trinajstić information content (AvgIpc) is 2.10. The van der Waals surface area contributed by atoms with E-state index in [1.807, 2.05) is 0 Å². The van der Waals surface area contributed by atoms with Gasteiger partial charge in [-0.3, -0.25) is 0 Å². The molecule has 1 unspecified atom stereocenters. The fourth-order valence-corrected chi connectivity index (χ4v) is 2.04. The van der Waals surface area contributed by atoms with Crippen molar-refractivity contribution >= 4 is 8.03 Å². The van der Waals surface area contributed by atoms with Crippen molar-refractivity contribution in [2.24, 2.45) is 0 Å². The minimum absolute atomic E-state index is 0.604. The molecule has 15 heavy (non-hydrogen) atoms. The third kappa shape index (κ3) is 11.9. The number of hydrogen-bond donors (Lipinski definition) is 0. The zero-order chi connectivity index (χ0) is 11.7. The van der Waals surface area contributed by atoms with Crippen LogP contribution in [0.15, 0.2) is 0 Å². The van der Waals surface area contributed by atoms with Crippen LogP contribution < -0.4 is 0 Å². The minimum Gasteiger partial charge on any atom is -0.329 e. The van der Waals surface area contributed by atoms with E-state index in [0.29, 0.717) is 6.61 Å². The van der Waals surface area contributed by atoms with Gasteiger partial charge in [-0.1, -0.05) is 19.8 Å². The molecule has 0 radical (unpaired) electrons. The van der Waals surface area contributed by atoms with Gasteiger partial charge in [0.2, 0.25) is 0 Å². The van der Waals surface area contributed by atoms with Gasteiger partial charge in [-0.2, -0.15) is 0 Å². The Morgan fingerprint density at radius 3 is 2.33 bits per heavy atom. The Bertz CT molecular complexity index is 178. The van der Waals surface area contributed by atoms with Crippen LogP contribution in [0.5, 0.6) is 0 Å². The minimum atomic E-state index is -1.41. The van der Waals surface area contributed by atoms with Gasteiger partial charge >= 0.3 is 8.03 Å². The van der Waals surface area contributed by atoms with Crippen LogP contribution in [0.4, 0.5) is 0 Å². The summed E-state index contributed by atoms with van der Waals surface area (Å²) in [6.07, 6.45) is 5.40. The Kier molecular flexibility index (Phi) is 8.22. The maximum Gasteiger partial charge on any atom is 0.508 e. The normalized spacial score (nSPS) is 12.9. The SMILES string of the molecule is CCCCCC[P+](=O)OCC[N+](C)(C)C. The number of unbranched alkanes of at least 4 members (excludes halogenated alkanes) is 3. The summed E-state index contributed by atoms with van der Waals surface area (Å²) in [5, 5.41) is 0. The summed E-state index contributed by atoms with van der Waals surface area (Å²) >= 11 is 0. The van der Waals surface area contributed by atoms with Crippen LogP contribution in [-0.2, 0) is 9.09 Å². The lowest BCUT2D eigenvalue weighted by atomic mass is 10.2. The largest absolute Gasteiger partial charge is 0.508 e. The summed E-state index contributed by atoms with van der Waals surface area (Å²) in [5.41, 5.74) is 0. The summed E-state index contributed by atoms with van der Waals surface area (Å²) < 4.78 is 17.6. The summed E-state index contributed by atoms with van der Waals surface area (Å²) in [6, 6.07) is 0. The molecule has 0 rings (SSSR count). The topological polar surface area (TPSA) is 26.3 Å². The smallest absolute Gasteiger partial charge is 0.329 e. The molecule has 4 heteroatoms. The lowest BCUT2D eigenvalue weighted by molar-refractivity contribution is -0.870. The highest BCUT2D eigenvalue weighted by molar-refractivity contribution is 7.39. The molecule has 0 bridgehead atoms. The van der Waals surface area contributed by atoms with Crippen LogP contribution in [0.3, 0.4) is 0 Å². The van der Waals surface area contributed by atoms with Crippen molar-refractivity contribution in [3.63, 3.8) is 0 Å². The van der Waals surface area contributed by atoms with E-state index in [1.54, 1.807) is 0 Å². The van der Waals surface area contributed by atoms with E-state index in [0.717, 1.165) is 23.6 Å². The van der Waals surface area contributed by atoms with Crippen molar-refractivity contribution in [3.05, 3.63) is 0 Å². The molecule has 0 amide bonds. The second-order valence-corrected chi connectivity index (χ2v) is 6.34. The Labute approximate surface area is 95.3 Å². The predicted octanol–water partition coefficient (Wildman–Crippen LogP) is 3.03. The predicted molar refractivity (Wildman–Crippen MR) is 65.5 cm³/mol. The molecule has 0 aromatic carbocycles. The van der Waals surface area contributed by atoms with Crippen LogP contribution in [0.1, 0.15) is 32.6 Å². The molecule has 0 saturated carbocycles. The first-order chi connectivity index (χ1) is 6.95. The molecular formula is C11H26NO2P+2. The van der Waals surface area contributed by atoms with E-state index >= 15 is 0 Å². The quantitative estimate of drug-likeness (QED) is 0.349. The Hall–Kier alpha value is 0.0200. The van der Waals surface area contributed by atoms with Crippen molar-refractivity contribution in [2.45, 2.75) is 32.6 Å². The zero-order valence-electron chi connectivity index (χ0n) is 10.7. The van der Waals surface area contributed by atoms with E-state index in [2.05, 4.69) is 28.1 Å². The Balaban J connectivity index is 3.34. The number of hydrogen-bond acceptors (Lipinski definition) is 2. The maximum absolute atomic E-state index is 11.4. The van der Waals surface area contributed by atoms with Gasteiger partial charge in [-0.05, 0) is 17.4 Å². The molecule has 0 aliphatic rings. The summed E-state index contributed by atoms with van der Waals surface area (Å²) in [6.45, 7) is 3.69. The van der Waals surface area contributed by atoms with Crippen molar-refractivity contribution in [1.29, 1.82) is 0 Å². The van der Waals surface area contributed by atoms with E-state index in [1.165, 1.54) is 19.3 Å². The molecule has 0 saturated heterocycles. The molecular weight excluding hydrogens is 209 g/mol. The van der Waals surface area contributed by atoms with Gasteiger partial charge in [0.15, 0.2) is 12.8 Å². The van der Waals surface area contributed by atoms with Crippen LogP contribution in [0.25, 0.3) is 0 Å². The second kappa shape index (κ2) is 8.20. The monoisotopic (exact) mass is 235 g/mol. The van der Waals surface area contributed by atoms with Crippen LogP contribution in [-0.4, -0.2) is 44.9 Å². The van der Waals surface area contributed by atoms with Gasteiger partial charge in [-0.15, -0.1) is 4.52 Å². The number of nitrogens with zero attached hydrogens (tertiary/aromatic N) is 1. The van der Waals surface area contributed by atoms with E-state index < -0.39 is 8.03 Å². The lowest BCUT2D eigenvalue weighted by Crippen LogP contribution is -2.37. The molecule has 0 aliphatic carbocycles. The second-order valence-electron chi connectivity index (χ2n) is 4.96. The van der Waals surface area contributed by atoms with Gasteiger partial charge in [0.1, 0.15) is 6.54 Å². The van der Waals surface area contributed by atoms with Gasteiger partial charge in [-0.25, -0.2) is 0 Å². The van der Waals surface area contributed by atoms with E-state index in [4.69, 9.17) is 4.52 Å². The van der Waals surface area contributed by atoms with Crippen LogP contribution in [0, 0.1) is 0 Å². The highest BCUT2D eigenvalue weighted by Crippen LogP contribution is 2.24. The Morgan fingerprint density at radius 2 is 1.80 bits per heavy atom. The number of rotatable bonds is 9. The molecule has 0 aliphatic heterocycles. The number of quaternary nitrogens is 1. The lowest BCUT2D eigenvalue weighted by Gasteiger charge is -2.21. The van der Waals surface area contributed by atoms with Gasteiger partial charge in [0.05, 0.1) is 21.1 Å². The van der Waals surface area contributed by atoms with Crippen LogP contribution in [0.2, 0.25) is 0 Å². The van der Waals surface area contributed by atoms with Crippen LogP contribution >= 0.6 is 8.03 Å². The third-order valence-electron chi connectivity index (χ3n) is 2.19. The molecule has 1 atom stereocenters.